The molecule has 0 spiro atoms. The van der Waals surface area contributed by atoms with Crippen LogP contribution in [0.5, 0.6) is 0 Å². The SMILES string of the molecule is CC1CN(C(C)C(=O)Nc2cc(N)ccc2F)CC(C)S1. The minimum Gasteiger partial charge on any atom is -0.399 e. The van der Waals surface area contributed by atoms with Crippen LogP contribution in [0.15, 0.2) is 18.2 Å². The van der Waals surface area contributed by atoms with E-state index in [9.17, 15) is 9.18 Å². The molecule has 21 heavy (non-hydrogen) atoms. The van der Waals surface area contributed by atoms with Crippen molar-refractivity contribution in [1.82, 2.24) is 4.90 Å². The zero-order valence-electron chi connectivity index (χ0n) is 12.6. The number of nitrogens with one attached hydrogen (secondary N) is 1. The van der Waals surface area contributed by atoms with Crippen LogP contribution in [0.25, 0.3) is 0 Å². The van der Waals surface area contributed by atoms with Gasteiger partial charge in [-0.25, -0.2) is 4.39 Å². The molecule has 0 saturated carbocycles. The van der Waals surface area contributed by atoms with Gasteiger partial charge in [0.15, 0.2) is 0 Å². The molecule has 116 valence electrons. The van der Waals surface area contributed by atoms with Gasteiger partial charge in [-0.15, -0.1) is 0 Å². The number of amides is 1. The van der Waals surface area contributed by atoms with Gasteiger partial charge in [-0.2, -0.15) is 11.8 Å². The van der Waals surface area contributed by atoms with Crippen molar-refractivity contribution in [2.24, 2.45) is 0 Å². The highest BCUT2D eigenvalue weighted by molar-refractivity contribution is 8.00. The van der Waals surface area contributed by atoms with Crippen LogP contribution in [0.1, 0.15) is 20.8 Å². The summed E-state index contributed by atoms with van der Waals surface area (Å²) in [5.41, 5.74) is 6.19. The molecule has 1 aromatic carbocycles. The molecule has 3 atom stereocenters. The second-order valence-corrected chi connectivity index (χ2v) is 7.50. The first-order valence-corrected chi connectivity index (χ1v) is 8.06. The van der Waals surface area contributed by atoms with Crippen molar-refractivity contribution in [3.63, 3.8) is 0 Å². The van der Waals surface area contributed by atoms with E-state index in [0.717, 1.165) is 13.1 Å². The van der Waals surface area contributed by atoms with Gasteiger partial charge in [0.1, 0.15) is 5.82 Å². The third-order valence-corrected chi connectivity index (χ3v) is 4.85. The first kappa shape index (κ1) is 16.1. The van der Waals surface area contributed by atoms with Crippen LogP contribution in [-0.4, -0.2) is 40.4 Å². The molecule has 4 nitrogen and oxygen atoms in total. The predicted octanol–water partition coefficient (Wildman–Crippen LogP) is 2.56. The summed E-state index contributed by atoms with van der Waals surface area (Å²) in [6, 6.07) is 3.88. The van der Waals surface area contributed by atoms with Gasteiger partial charge < -0.3 is 11.1 Å². The third kappa shape index (κ3) is 4.11. The summed E-state index contributed by atoms with van der Waals surface area (Å²) in [4.78, 5) is 14.5. The lowest BCUT2D eigenvalue weighted by Crippen LogP contribution is -2.49. The molecule has 1 aliphatic rings. The summed E-state index contributed by atoms with van der Waals surface area (Å²) in [5, 5.41) is 3.62. The molecule has 0 aliphatic carbocycles. The van der Waals surface area contributed by atoms with Crippen molar-refractivity contribution in [2.75, 3.05) is 24.1 Å². The Labute approximate surface area is 129 Å². The van der Waals surface area contributed by atoms with Gasteiger partial charge in [-0.05, 0) is 25.1 Å². The molecule has 0 radical (unpaired) electrons. The Morgan fingerprint density at radius 2 is 2.05 bits per heavy atom. The van der Waals surface area contributed by atoms with E-state index in [-0.39, 0.29) is 17.6 Å². The van der Waals surface area contributed by atoms with E-state index in [4.69, 9.17) is 5.73 Å². The molecule has 2 rings (SSSR count). The molecule has 1 aromatic rings. The maximum atomic E-state index is 13.7. The summed E-state index contributed by atoms with van der Waals surface area (Å²) >= 11 is 1.93. The van der Waals surface area contributed by atoms with E-state index >= 15 is 0 Å². The summed E-state index contributed by atoms with van der Waals surface area (Å²) < 4.78 is 13.7. The van der Waals surface area contributed by atoms with Crippen LogP contribution >= 0.6 is 11.8 Å². The molecule has 1 aliphatic heterocycles. The van der Waals surface area contributed by atoms with E-state index in [1.165, 1.54) is 18.2 Å². The average molecular weight is 311 g/mol. The zero-order chi connectivity index (χ0) is 15.6. The maximum absolute atomic E-state index is 13.7. The van der Waals surface area contributed by atoms with Gasteiger partial charge in [-0.3, -0.25) is 9.69 Å². The highest BCUT2D eigenvalue weighted by atomic mass is 32.2. The minimum absolute atomic E-state index is 0.138. The number of thioether (sulfide) groups is 1. The van der Waals surface area contributed by atoms with Gasteiger partial charge in [-0.1, -0.05) is 13.8 Å². The fourth-order valence-corrected chi connectivity index (χ4v) is 3.92. The Balaban J connectivity index is 2.04. The molecule has 6 heteroatoms. The summed E-state index contributed by atoms with van der Waals surface area (Å²) in [6.07, 6.45) is 0. The van der Waals surface area contributed by atoms with E-state index in [1.807, 2.05) is 18.7 Å². The third-order valence-electron chi connectivity index (χ3n) is 3.62. The van der Waals surface area contributed by atoms with Gasteiger partial charge in [0, 0.05) is 29.3 Å². The fourth-order valence-electron chi connectivity index (χ4n) is 2.58. The Kier molecular flexibility index (Phi) is 5.11. The Hall–Kier alpha value is -1.27. The number of anilines is 2. The number of carbonyl (C=O) groups is 1. The van der Waals surface area contributed by atoms with Crippen LogP contribution in [-0.2, 0) is 4.79 Å². The quantitative estimate of drug-likeness (QED) is 0.842. The van der Waals surface area contributed by atoms with Crippen LogP contribution in [0.3, 0.4) is 0 Å². The highest BCUT2D eigenvalue weighted by Crippen LogP contribution is 2.26. The number of nitrogens with two attached hydrogens (primary N) is 1. The van der Waals surface area contributed by atoms with E-state index in [2.05, 4.69) is 24.1 Å². The van der Waals surface area contributed by atoms with Gasteiger partial charge in [0.2, 0.25) is 5.91 Å². The van der Waals surface area contributed by atoms with Crippen LogP contribution < -0.4 is 11.1 Å². The summed E-state index contributed by atoms with van der Waals surface area (Å²) in [7, 11) is 0. The first-order valence-electron chi connectivity index (χ1n) is 7.12. The molecule has 3 unspecified atom stereocenters. The van der Waals surface area contributed by atoms with Crippen molar-refractivity contribution in [1.29, 1.82) is 0 Å². The average Bonchev–Trinajstić information content (AvgIpc) is 2.41. The van der Waals surface area contributed by atoms with Crippen molar-refractivity contribution in [2.45, 2.75) is 37.3 Å². The van der Waals surface area contributed by atoms with Crippen molar-refractivity contribution >= 4 is 29.0 Å². The molecule has 1 heterocycles. The highest BCUT2D eigenvalue weighted by Gasteiger charge is 2.29. The topological polar surface area (TPSA) is 58.4 Å². The van der Waals surface area contributed by atoms with Crippen LogP contribution in [0.4, 0.5) is 15.8 Å². The zero-order valence-corrected chi connectivity index (χ0v) is 13.4. The lowest BCUT2D eigenvalue weighted by atomic mass is 10.2. The Morgan fingerprint density at radius 3 is 2.67 bits per heavy atom. The molecule has 1 amide bonds. The largest absolute Gasteiger partial charge is 0.399 e. The lowest BCUT2D eigenvalue weighted by molar-refractivity contribution is -0.120. The summed E-state index contributed by atoms with van der Waals surface area (Å²) in [5.74, 6) is -0.675. The number of hydrogen-bond donors (Lipinski definition) is 2. The molecule has 0 aromatic heterocycles. The lowest BCUT2D eigenvalue weighted by Gasteiger charge is -2.37. The standard InChI is InChI=1S/C15H22FN3OS/c1-9-7-19(8-10(2)21-9)11(3)15(20)18-14-6-12(17)4-5-13(14)16/h4-6,9-11H,7-8,17H2,1-3H3,(H,18,20). The monoisotopic (exact) mass is 311 g/mol. The van der Waals surface area contributed by atoms with Crippen LogP contribution in [0.2, 0.25) is 0 Å². The fraction of sp³-hybridized carbons (Fsp3) is 0.533. The first-order chi connectivity index (χ1) is 9.86. The van der Waals surface area contributed by atoms with Gasteiger partial charge in [0.05, 0.1) is 11.7 Å². The molecule has 3 N–H and O–H groups in total. The molecule has 1 saturated heterocycles. The van der Waals surface area contributed by atoms with E-state index < -0.39 is 5.82 Å². The van der Waals surface area contributed by atoms with Crippen molar-refractivity contribution in [3.8, 4) is 0 Å². The number of benzene rings is 1. The number of hydrogen-bond acceptors (Lipinski definition) is 4. The van der Waals surface area contributed by atoms with E-state index in [0.29, 0.717) is 16.2 Å². The van der Waals surface area contributed by atoms with Crippen molar-refractivity contribution in [3.05, 3.63) is 24.0 Å². The Morgan fingerprint density at radius 1 is 1.43 bits per heavy atom. The number of nitrogen functional groups attached to an aromatic ring is 1. The number of nitrogens with zero attached hydrogens (tertiary/aromatic N) is 1. The number of halogens is 1. The van der Waals surface area contributed by atoms with Crippen LogP contribution in [0, 0.1) is 5.82 Å². The molecule has 1 fully saturated rings. The normalized spacial score (nSPS) is 24.6. The molecular weight excluding hydrogens is 289 g/mol. The van der Waals surface area contributed by atoms with Gasteiger partial charge >= 0.3 is 0 Å². The smallest absolute Gasteiger partial charge is 0.241 e. The molecular formula is C15H22FN3OS. The minimum atomic E-state index is -0.472. The Bertz CT molecular complexity index is 516. The second kappa shape index (κ2) is 6.66. The molecule has 0 bridgehead atoms. The number of carbonyl (C=O) groups excluding carboxylic acids is 1. The summed E-state index contributed by atoms with van der Waals surface area (Å²) in [6.45, 7) is 7.91. The number of rotatable bonds is 3. The second-order valence-electron chi connectivity index (χ2n) is 5.62. The maximum Gasteiger partial charge on any atom is 0.241 e. The van der Waals surface area contributed by atoms with E-state index in [1.54, 1.807) is 0 Å². The van der Waals surface area contributed by atoms with Crippen molar-refractivity contribution < 1.29 is 9.18 Å². The van der Waals surface area contributed by atoms with Gasteiger partial charge in [0.25, 0.3) is 0 Å². The predicted molar refractivity (Wildman–Crippen MR) is 87.0 cm³/mol.